The number of halogens is 2. The van der Waals surface area contributed by atoms with Crippen molar-refractivity contribution in [3.05, 3.63) is 88.1 Å². The number of hydrogen-bond donors (Lipinski definition) is 1. The molecule has 0 atom stereocenters. The number of amides is 1. The highest BCUT2D eigenvalue weighted by atomic mass is 79.9. The first-order valence-electron chi connectivity index (χ1n) is 9.35. The standard InChI is InChI=1S/C23H16BrFN2O3S2/c1-32(29,30)19-12-4-14(5-13-19)20-21(15-2-8-17(25)9-3-15)31-23(27-20)22(28)26-18-10-6-16(24)7-11-18/h2-13H,1H3,(H,26,28). The number of carbonyl (C=O) groups excluding carboxylic acids is 1. The van der Waals surface area contributed by atoms with E-state index in [0.29, 0.717) is 27.4 Å². The molecule has 162 valence electrons. The minimum Gasteiger partial charge on any atom is -0.320 e. The van der Waals surface area contributed by atoms with Gasteiger partial charge in [-0.25, -0.2) is 17.8 Å². The van der Waals surface area contributed by atoms with E-state index in [0.717, 1.165) is 10.7 Å². The van der Waals surface area contributed by atoms with E-state index in [2.05, 4.69) is 26.2 Å². The quantitative estimate of drug-likeness (QED) is 0.341. The Hall–Kier alpha value is -2.88. The molecule has 4 aromatic rings. The molecule has 0 saturated carbocycles. The fourth-order valence-corrected chi connectivity index (χ4v) is 4.87. The summed E-state index contributed by atoms with van der Waals surface area (Å²) in [5, 5.41) is 3.05. The second-order valence-corrected chi connectivity index (χ2v) is 10.9. The first-order valence-corrected chi connectivity index (χ1v) is 12.8. The van der Waals surface area contributed by atoms with Gasteiger partial charge in [0, 0.05) is 22.0 Å². The van der Waals surface area contributed by atoms with Crippen molar-refractivity contribution in [2.24, 2.45) is 0 Å². The van der Waals surface area contributed by atoms with E-state index in [1.54, 1.807) is 36.4 Å². The molecule has 0 aliphatic rings. The Morgan fingerprint density at radius 2 is 1.53 bits per heavy atom. The minimum atomic E-state index is -3.34. The normalized spacial score (nSPS) is 11.3. The number of sulfone groups is 1. The zero-order valence-corrected chi connectivity index (χ0v) is 19.9. The molecule has 0 bridgehead atoms. The Balaban J connectivity index is 1.75. The Morgan fingerprint density at radius 1 is 0.938 bits per heavy atom. The van der Waals surface area contributed by atoms with Crippen molar-refractivity contribution < 1.29 is 17.6 Å². The molecule has 0 fully saturated rings. The Kier molecular flexibility index (Phi) is 6.23. The van der Waals surface area contributed by atoms with Crippen LogP contribution in [0.5, 0.6) is 0 Å². The second-order valence-electron chi connectivity index (χ2n) is 6.96. The van der Waals surface area contributed by atoms with Crippen LogP contribution < -0.4 is 5.32 Å². The van der Waals surface area contributed by atoms with E-state index in [9.17, 15) is 17.6 Å². The van der Waals surface area contributed by atoms with Crippen LogP contribution in [0, 0.1) is 5.82 Å². The van der Waals surface area contributed by atoms with Crippen molar-refractivity contribution in [3.63, 3.8) is 0 Å². The first-order chi connectivity index (χ1) is 15.2. The van der Waals surface area contributed by atoms with Crippen LogP contribution in [0.4, 0.5) is 10.1 Å². The lowest BCUT2D eigenvalue weighted by molar-refractivity contribution is 0.102. The van der Waals surface area contributed by atoms with Gasteiger partial charge in [0.1, 0.15) is 5.82 Å². The molecule has 0 aliphatic heterocycles. The van der Waals surface area contributed by atoms with Gasteiger partial charge in [-0.2, -0.15) is 0 Å². The number of rotatable bonds is 5. The largest absolute Gasteiger partial charge is 0.320 e. The van der Waals surface area contributed by atoms with Gasteiger partial charge in [-0.1, -0.05) is 40.2 Å². The van der Waals surface area contributed by atoms with E-state index in [-0.39, 0.29) is 21.6 Å². The monoisotopic (exact) mass is 530 g/mol. The van der Waals surface area contributed by atoms with Crippen molar-refractivity contribution in [1.82, 2.24) is 4.98 Å². The van der Waals surface area contributed by atoms with E-state index >= 15 is 0 Å². The number of thiazole rings is 1. The summed E-state index contributed by atoms with van der Waals surface area (Å²) in [5.74, 6) is -0.745. The summed E-state index contributed by atoms with van der Waals surface area (Å²) in [6, 6.07) is 19.4. The number of hydrogen-bond acceptors (Lipinski definition) is 5. The van der Waals surface area contributed by atoms with Crippen LogP contribution in [-0.4, -0.2) is 25.6 Å². The summed E-state index contributed by atoms with van der Waals surface area (Å²) in [4.78, 5) is 18.3. The van der Waals surface area contributed by atoms with Crippen LogP contribution in [0.25, 0.3) is 21.7 Å². The third-order valence-corrected chi connectivity index (χ3v) is 7.35. The molecular formula is C23H16BrFN2O3S2. The number of nitrogens with zero attached hydrogens (tertiary/aromatic N) is 1. The molecule has 0 spiro atoms. The maximum absolute atomic E-state index is 13.4. The molecule has 0 saturated heterocycles. The minimum absolute atomic E-state index is 0.188. The summed E-state index contributed by atoms with van der Waals surface area (Å²) in [6.45, 7) is 0. The third kappa shape index (κ3) is 4.95. The third-order valence-electron chi connectivity index (χ3n) is 4.59. The highest BCUT2D eigenvalue weighted by Crippen LogP contribution is 2.37. The van der Waals surface area contributed by atoms with Gasteiger partial charge in [-0.05, 0) is 54.1 Å². The highest BCUT2D eigenvalue weighted by Gasteiger charge is 2.20. The number of aromatic nitrogens is 1. The average molecular weight is 531 g/mol. The summed E-state index contributed by atoms with van der Waals surface area (Å²) in [6.07, 6.45) is 1.14. The molecular weight excluding hydrogens is 515 g/mol. The lowest BCUT2D eigenvalue weighted by atomic mass is 10.1. The molecule has 0 radical (unpaired) electrons. The topological polar surface area (TPSA) is 76.1 Å². The second kappa shape index (κ2) is 8.93. The van der Waals surface area contributed by atoms with Gasteiger partial charge >= 0.3 is 0 Å². The molecule has 5 nitrogen and oxygen atoms in total. The molecule has 1 aromatic heterocycles. The molecule has 1 amide bonds. The van der Waals surface area contributed by atoms with Crippen LogP contribution in [0.2, 0.25) is 0 Å². The molecule has 0 unspecified atom stereocenters. The van der Waals surface area contributed by atoms with Gasteiger partial charge in [0.25, 0.3) is 5.91 Å². The van der Waals surface area contributed by atoms with Crippen LogP contribution in [0.1, 0.15) is 9.80 Å². The molecule has 32 heavy (non-hydrogen) atoms. The average Bonchev–Trinajstić information content (AvgIpc) is 3.21. The lowest BCUT2D eigenvalue weighted by Gasteiger charge is -2.04. The number of anilines is 1. The molecule has 1 N–H and O–H groups in total. The predicted octanol–water partition coefficient (Wildman–Crippen LogP) is 6.03. The molecule has 0 aliphatic carbocycles. The van der Waals surface area contributed by atoms with Crippen LogP contribution in [0.3, 0.4) is 0 Å². The van der Waals surface area contributed by atoms with E-state index in [1.807, 2.05) is 12.1 Å². The predicted molar refractivity (Wildman–Crippen MR) is 128 cm³/mol. The van der Waals surface area contributed by atoms with Crippen LogP contribution in [0.15, 0.2) is 82.2 Å². The smallest absolute Gasteiger partial charge is 0.284 e. The van der Waals surface area contributed by atoms with Gasteiger partial charge in [0.15, 0.2) is 14.8 Å². The molecule has 1 heterocycles. The molecule has 9 heteroatoms. The van der Waals surface area contributed by atoms with Crippen LogP contribution in [-0.2, 0) is 9.84 Å². The van der Waals surface area contributed by atoms with Gasteiger partial charge in [-0.3, -0.25) is 4.79 Å². The summed E-state index contributed by atoms with van der Waals surface area (Å²) >= 11 is 4.54. The van der Waals surface area contributed by atoms with Gasteiger partial charge in [0.05, 0.1) is 15.5 Å². The summed E-state index contributed by atoms with van der Waals surface area (Å²) in [5.41, 5.74) is 2.49. The van der Waals surface area contributed by atoms with Crippen molar-refractivity contribution in [1.29, 1.82) is 0 Å². The van der Waals surface area contributed by atoms with Crippen molar-refractivity contribution in [2.45, 2.75) is 4.90 Å². The Labute approximate surface area is 197 Å². The number of benzene rings is 3. The van der Waals surface area contributed by atoms with Gasteiger partial charge in [0.2, 0.25) is 0 Å². The molecule has 3 aromatic carbocycles. The lowest BCUT2D eigenvalue weighted by Crippen LogP contribution is -2.11. The summed E-state index contributed by atoms with van der Waals surface area (Å²) < 4.78 is 37.9. The molecule has 4 rings (SSSR count). The number of nitrogens with one attached hydrogen (secondary N) is 1. The van der Waals surface area contributed by atoms with E-state index in [1.165, 1.54) is 35.6 Å². The van der Waals surface area contributed by atoms with Crippen molar-refractivity contribution in [2.75, 3.05) is 11.6 Å². The summed E-state index contributed by atoms with van der Waals surface area (Å²) in [7, 11) is -3.34. The van der Waals surface area contributed by atoms with E-state index in [4.69, 9.17) is 0 Å². The van der Waals surface area contributed by atoms with Crippen molar-refractivity contribution >= 4 is 48.7 Å². The maximum Gasteiger partial charge on any atom is 0.284 e. The Morgan fingerprint density at radius 3 is 2.12 bits per heavy atom. The fraction of sp³-hybridized carbons (Fsp3) is 0.0435. The van der Waals surface area contributed by atoms with Crippen LogP contribution >= 0.6 is 27.3 Å². The SMILES string of the molecule is CS(=O)(=O)c1ccc(-c2nc(C(=O)Nc3ccc(Br)cc3)sc2-c2ccc(F)cc2)cc1. The zero-order chi connectivity index (χ0) is 22.9. The Bertz CT molecular complexity index is 1380. The highest BCUT2D eigenvalue weighted by molar-refractivity contribution is 9.10. The van der Waals surface area contributed by atoms with E-state index < -0.39 is 9.84 Å². The van der Waals surface area contributed by atoms with Gasteiger partial charge in [-0.15, -0.1) is 11.3 Å². The number of carbonyl (C=O) groups is 1. The fourth-order valence-electron chi connectivity index (χ4n) is 2.99. The van der Waals surface area contributed by atoms with Crippen molar-refractivity contribution in [3.8, 4) is 21.7 Å². The zero-order valence-electron chi connectivity index (χ0n) is 16.7. The maximum atomic E-state index is 13.4. The van der Waals surface area contributed by atoms with Gasteiger partial charge < -0.3 is 5.32 Å². The first kappa shape index (κ1) is 22.3.